The van der Waals surface area contributed by atoms with E-state index in [1.165, 1.54) is 74.9 Å². The van der Waals surface area contributed by atoms with Crippen molar-refractivity contribution in [2.75, 3.05) is 18.4 Å². The van der Waals surface area contributed by atoms with Crippen LogP contribution < -0.4 is 20.6 Å². The van der Waals surface area contributed by atoms with Gasteiger partial charge in [0.2, 0.25) is 31.6 Å². The highest BCUT2D eigenvalue weighted by atomic mass is 79.9. The maximum absolute atomic E-state index is 12.6. The standard InChI is InChI=1S/C19H21N5O4S.C16H16BrN5O4S.C3H8/c1-4-10-21-29(27,28)15-8-6-14(7-9-15)22-23-17-13(3)16(12-20)18(25)24(11-5-2)19(17)26;1-10-13(18-2)15(23)20-16(24)14(10)22-21-11-4-6-12(7-5-11)27(25,26)19-9-3-8-17;1-3-2/h4,6-9,21,25H,1,5,10-11H2,2-3H3;4-7,19H,3,8-9H2,1H3,(H2,20,23,24);3H2,1-2H3. The molecule has 0 saturated carbocycles. The molecule has 2 heterocycles. The molecular weight excluding hydrogens is 869 g/mol. The first-order valence-corrected chi connectivity index (χ1v) is 22.0. The van der Waals surface area contributed by atoms with Gasteiger partial charge in [-0.3, -0.25) is 14.2 Å². The van der Waals surface area contributed by atoms with Gasteiger partial charge in [-0.2, -0.15) is 15.5 Å². The minimum Gasteiger partial charge on any atom is -0.503 e. The summed E-state index contributed by atoms with van der Waals surface area (Å²) >= 11 is 3.23. The number of halogens is 1. The molecule has 0 amide bonds. The van der Waals surface area contributed by atoms with Gasteiger partial charge in [0.15, 0.2) is 11.6 Å². The Kier molecular flexibility index (Phi) is 19.7. The van der Waals surface area contributed by atoms with Crippen molar-refractivity contribution in [3.05, 3.63) is 110 Å². The van der Waals surface area contributed by atoms with Crippen molar-refractivity contribution in [3.8, 4) is 17.8 Å². The largest absolute Gasteiger partial charge is 0.503 e. The maximum Gasteiger partial charge on any atom is 0.281 e. The smallest absolute Gasteiger partial charge is 0.281 e. The van der Waals surface area contributed by atoms with Crippen LogP contribution in [0.1, 0.15) is 56.7 Å². The number of nitrogens with zero attached hydrogens (tertiary/aromatic N) is 7. The third-order valence-electron chi connectivity index (χ3n) is 7.55. The van der Waals surface area contributed by atoms with E-state index in [9.17, 15) is 41.9 Å². The molecule has 18 nitrogen and oxygen atoms in total. The van der Waals surface area contributed by atoms with E-state index in [-0.39, 0.29) is 56.6 Å². The number of hydrogen-bond acceptors (Lipinski definition) is 13. The number of nitrogens with one attached hydrogen (secondary N) is 3. The zero-order chi connectivity index (χ0) is 44.3. The Morgan fingerprint density at radius 2 is 1.41 bits per heavy atom. The van der Waals surface area contributed by atoms with E-state index >= 15 is 0 Å². The number of nitriles is 1. The van der Waals surface area contributed by atoms with Gasteiger partial charge in [0.1, 0.15) is 17.3 Å². The summed E-state index contributed by atoms with van der Waals surface area (Å²) in [5, 5.41) is 45.4. The van der Waals surface area contributed by atoms with Crippen LogP contribution in [0.5, 0.6) is 11.8 Å². The molecule has 59 heavy (non-hydrogen) atoms. The van der Waals surface area contributed by atoms with Crippen molar-refractivity contribution < 1.29 is 27.0 Å². The first-order valence-electron chi connectivity index (χ1n) is 17.9. The molecule has 21 heteroatoms. The Morgan fingerprint density at radius 3 is 1.86 bits per heavy atom. The Hall–Kier alpha value is -5.84. The average molecular weight is 914 g/mol. The average Bonchev–Trinajstić information content (AvgIpc) is 3.20. The van der Waals surface area contributed by atoms with Crippen LogP contribution in [0.2, 0.25) is 0 Å². The molecule has 2 aromatic carbocycles. The Morgan fingerprint density at radius 1 is 0.898 bits per heavy atom. The van der Waals surface area contributed by atoms with Crippen LogP contribution in [0.3, 0.4) is 0 Å². The van der Waals surface area contributed by atoms with Gasteiger partial charge in [-0.05, 0) is 80.8 Å². The molecule has 0 aliphatic rings. The van der Waals surface area contributed by atoms with Gasteiger partial charge in [-0.15, -0.1) is 16.8 Å². The Labute approximate surface area is 351 Å². The molecule has 0 fully saturated rings. The normalized spacial score (nSPS) is 11.3. The number of H-pyrrole nitrogens is 1. The van der Waals surface area contributed by atoms with Crippen LogP contribution in [0.15, 0.2) is 101 Å². The quantitative estimate of drug-likeness (QED) is 0.0255. The lowest BCUT2D eigenvalue weighted by molar-refractivity contribution is 0.402. The summed E-state index contributed by atoms with van der Waals surface area (Å²) < 4.78 is 54.3. The maximum atomic E-state index is 12.6. The summed E-state index contributed by atoms with van der Waals surface area (Å²) in [5.41, 5.74) is -0.492. The summed E-state index contributed by atoms with van der Waals surface area (Å²) in [4.78, 5) is 29.9. The number of aromatic nitrogens is 2. The van der Waals surface area contributed by atoms with Gasteiger partial charge >= 0.3 is 0 Å². The van der Waals surface area contributed by atoms with Crippen molar-refractivity contribution in [2.24, 2.45) is 20.5 Å². The molecule has 0 spiro atoms. The molecule has 0 aliphatic heterocycles. The summed E-state index contributed by atoms with van der Waals surface area (Å²) in [6.45, 7) is 20.2. The van der Waals surface area contributed by atoms with Gasteiger partial charge in [0.25, 0.3) is 11.1 Å². The van der Waals surface area contributed by atoms with Crippen molar-refractivity contribution in [2.45, 2.75) is 70.2 Å². The van der Waals surface area contributed by atoms with Crippen LogP contribution >= 0.6 is 15.9 Å². The zero-order valence-electron chi connectivity index (χ0n) is 33.0. The zero-order valence-corrected chi connectivity index (χ0v) is 36.2. The number of hydrogen-bond donors (Lipinski definition) is 5. The van der Waals surface area contributed by atoms with E-state index in [1.807, 2.05) is 13.0 Å². The molecule has 5 N–H and O–H groups in total. The minimum absolute atomic E-state index is 0.0401. The van der Waals surface area contributed by atoms with Crippen molar-refractivity contribution in [1.29, 1.82) is 5.26 Å². The van der Waals surface area contributed by atoms with Gasteiger partial charge in [-0.1, -0.05) is 49.2 Å². The van der Waals surface area contributed by atoms with E-state index in [0.29, 0.717) is 36.1 Å². The highest BCUT2D eigenvalue weighted by molar-refractivity contribution is 9.09. The second kappa shape index (κ2) is 23.5. The third kappa shape index (κ3) is 13.6. The number of aromatic amines is 1. The first-order chi connectivity index (χ1) is 28.0. The molecule has 4 rings (SSSR count). The highest BCUT2D eigenvalue weighted by Crippen LogP contribution is 2.32. The number of sulfonamides is 2. The summed E-state index contributed by atoms with van der Waals surface area (Å²) in [6, 6.07) is 13.1. The van der Waals surface area contributed by atoms with Gasteiger partial charge in [0.05, 0.1) is 27.7 Å². The molecular formula is C38H45BrN10O8S2. The Bertz CT molecular complexity index is 2580. The van der Waals surface area contributed by atoms with Crippen molar-refractivity contribution in [3.63, 3.8) is 0 Å². The number of benzene rings is 2. The van der Waals surface area contributed by atoms with Gasteiger partial charge in [0, 0.05) is 30.5 Å². The van der Waals surface area contributed by atoms with E-state index in [4.69, 9.17) is 6.57 Å². The lowest BCUT2D eigenvalue weighted by Gasteiger charge is -2.11. The summed E-state index contributed by atoms with van der Waals surface area (Å²) in [7, 11) is -7.26. The lowest BCUT2D eigenvalue weighted by atomic mass is 10.1. The fourth-order valence-electron chi connectivity index (χ4n) is 4.64. The molecule has 314 valence electrons. The van der Waals surface area contributed by atoms with E-state index in [0.717, 1.165) is 4.57 Å². The predicted octanol–water partition coefficient (Wildman–Crippen LogP) is 7.86. The van der Waals surface area contributed by atoms with Crippen LogP contribution in [0.4, 0.5) is 28.4 Å². The van der Waals surface area contributed by atoms with Crippen molar-refractivity contribution >= 4 is 64.4 Å². The molecule has 0 unspecified atom stereocenters. The molecule has 0 atom stereocenters. The highest BCUT2D eigenvalue weighted by Gasteiger charge is 2.19. The van der Waals surface area contributed by atoms with E-state index < -0.39 is 42.9 Å². The molecule has 4 aromatic rings. The second-order valence-electron chi connectivity index (χ2n) is 12.2. The molecule has 0 bridgehead atoms. The van der Waals surface area contributed by atoms with Crippen LogP contribution in [-0.2, 0) is 26.6 Å². The van der Waals surface area contributed by atoms with Gasteiger partial charge < -0.3 is 15.2 Å². The van der Waals surface area contributed by atoms with E-state index in [1.54, 1.807) is 0 Å². The number of azo groups is 2. The predicted molar refractivity (Wildman–Crippen MR) is 228 cm³/mol. The van der Waals surface area contributed by atoms with Crippen molar-refractivity contribution in [1.82, 2.24) is 19.0 Å². The second-order valence-corrected chi connectivity index (χ2v) is 16.5. The number of alkyl halides is 1. The van der Waals surface area contributed by atoms with Gasteiger partial charge in [-0.25, -0.2) is 31.1 Å². The fraction of sp³-hybridized carbons (Fsp3) is 0.316. The van der Waals surface area contributed by atoms with Crippen LogP contribution in [-0.4, -0.2) is 55.0 Å². The number of rotatable bonds is 15. The summed E-state index contributed by atoms with van der Waals surface area (Å²) in [5.74, 6) is -0.911. The first kappa shape index (κ1) is 49.3. The molecule has 0 saturated heterocycles. The number of pyridine rings is 2. The lowest BCUT2D eigenvalue weighted by Crippen LogP contribution is -2.24. The SMILES string of the molecule is C=CCNS(=O)(=O)c1ccc(N=Nc2c(C)c(C#N)c(O)n(CCC)c2=O)cc1.CCC.[C-]#[N+]c1c(O)[nH]c(=O)c(N=Nc2ccc(S(=O)(=O)NCCCBr)cc2)c1C. The summed E-state index contributed by atoms with van der Waals surface area (Å²) in [6.07, 6.45) is 3.92. The van der Waals surface area contributed by atoms with Crippen LogP contribution in [0.25, 0.3) is 4.85 Å². The third-order valence-corrected chi connectivity index (χ3v) is 11.0. The monoisotopic (exact) mass is 912 g/mol. The molecule has 0 aliphatic carbocycles. The topological polar surface area (TPSA) is 265 Å². The fourth-order valence-corrected chi connectivity index (χ4v) is 6.99. The molecule has 2 aromatic heterocycles. The number of aromatic hydroxyl groups is 2. The Balaban J connectivity index is 0.000000382. The molecule has 0 radical (unpaired) electrons. The van der Waals surface area contributed by atoms with E-state index in [2.05, 4.69) is 76.1 Å². The minimum atomic E-state index is -3.66. The van der Waals surface area contributed by atoms with Crippen LogP contribution in [0, 0.1) is 31.8 Å².